The highest BCUT2D eigenvalue weighted by Crippen LogP contribution is 2.43. The normalized spacial score (nSPS) is 14.2. The van der Waals surface area contributed by atoms with Gasteiger partial charge in [0.1, 0.15) is 17.2 Å². The van der Waals surface area contributed by atoms with E-state index in [0.29, 0.717) is 0 Å². The lowest BCUT2D eigenvalue weighted by atomic mass is 9.92. The number of ether oxygens (including phenoxy) is 2. The Kier molecular flexibility index (Phi) is 7.75. The Labute approximate surface area is 224 Å². The van der Waals surface area contributed by atoms with Gasteiger partial charge in [-0.15, -0.1) is 0 Å². The summed E-state index contributed by atoms with van der Waals surface area (Å²) in [7, 11) is 3.77. The topological polar surface area (TPSA) is 42.0 Å². The van der Waals surface area contributed by atoms with Gasteiger partial charge in [-0.3, -0.25) is 4.79 Å². The van der Waals surface area contributed by atoms with E-state index < -0.39 is 0 Å². The predicted molar refractivity (Wildman–Crippen MR) is 155 cm³/mol. The van der Waals surface area contributed by atoms with E-state index in [-0.39, 0.29) is 5.91 Å². The third kappa shape index (κ3) is 5.58. The third-order valence-corrected chi connectivity index (χ3v) is 7.16. The number of hydrogen-bond donors (Lipinski definition) is 0. The zero-order valence-corrected chi connectivity index (χ0v) is 22.3. The van der Waals surface area contributed by atoms with Crippen molar-refractivity contribution in [2.45, 2.75) is 13.3 Å². The highest BCUT2D eigenvalue weighted by atomic mass is 16.5. The molecule has 1 saturated heterocycles. The van der Waals surface area contributed by atoms with Gasteiger partial charge in [0.25, 0.3) is 0 Å². The Morgan fingerprint density at radius 3 is 2.29 bits per heavy atom. The van der Waals surface area contributed by atoms with Gasteiger partial charge < -0.3 is 19.3 Å². The van der Waals surface area contributed by atoms with E-state index in [4.69, 9.17) is 9.47 Å². The van der Waals surface area contributed by atoms with Gasteiger partial charge in [0, 0.05) is 43.2 Å². The quantitative estimate of drug-likeness (QED) is 0.263. The van der Waals surface area contributed by atoms with E-state index in [9.17, 15) is 4.79 Å². The van der Waals surface area contributed by atoms with Gasteiger partial charge in [0.15, 0.2) is 0 Å². The van der Waals surface area contributed by atoms with Crippen molar-refractivity contribution in [3.05, 3.63) is 96.1 Å². The maximum atomic E-state index is 12.6. The van der Waals surface area contributed by atoms with Crippen LogP contribution in [-0.4, -0.2) is 56.0 Å². The molecule has 0 atom stereocenters. The Hall–Kier alpha value is -4.09. The van der Waals surface area contributed by atoms with Crippen molar-refractivity contribution in [1.29, 1.82) is 0 Å². The number of carbonyl (C=O) groups is 1. The molecule has 1 fully saturated rings. The van der Waals surface area contributed by atoms with Gasteiger partial charge in [-0.2, -0.15) is 0 Å². The minimum atomic E-state index is 0.0595. The molecule has 4 aromatic carbocycles. The van der Waals surface area contributed by atoms with Crippen LogP contribution in [0.2, 0.25) is 0 Å². The maximum absolute atomic E-state index is 12.6. The van der Waals surface area contributed by atoms with Gasteiger partial charge in [0.2, 0.25) is 5.91 Å². The van der Waals surface area contributed by atoms with Crippen LogP contribution in [0.3, 0.4) is 0 Å². The van der Waals surface area contributed by atoms with Gasteiger partial charge in [-0.05, 0) is 72.0 Å². The lowest BCUT2D eigenvalue weighted by Crippen LogP contribution is -2.46. The monoisotopic (exact) mass is 506 g/mol. The van der Waals surface area contributed by atoms with Crippen LogP contribution in [0.1, 0.15) is 18.1 Å². The fraction of sp³-hybridized carbons (Fsp3) is 0.242. The number of piperazine rings is 1. The van der Waals surface area contributed by atoms with Crippen molar-refractivity contribution in [2.24, 2.45) is 0 Å². The first-order valence-corrected chi connectivity index (χ1v) is 13.2. The summed E-state index contributed by atoms with van der Waals surface area (Å²) in [6, 6.07) is 26.6. The molecule has 1 aliphatic heterocycles. The summed E-state index contributed by atoms with van der Waals surface area (Å²) in [4.78, 5) is 16.7. The number of hydrogen-bond acceptors (Lipinski definition) is 4. The molecule has 0 aliphatic carbocycles. The molecule has 5 heteroatoms. The number of carbonyl (C=O) groups excluding carboxylic acids is 1. The van der Waals surface area contributed by atoms with Crippen molar-refractivity contribution >= 4 is 22.8 Å². The molecule has 0 spiro atoms. The zero-order chi connectivity index (χ0) is 26.5. The molecule has 1 heterocycles. The summed E-state index contributed by atoms with van der Waals surface area (Å²) < 4.78 is 12.1. The van der Waals surface area contributed by atoms with Crippen LogP contribution in [0.15, 0.2) is 84.9 Å². The summed E-state index contributed by atoms with van der Waals surface area (Å²) >= 11 is 0. The van der Waals surface area contributed by atoms with Crippen LogP contribution < -0.4 is 9.47 Å². The number of aryl methyl sites for hydroxylation is 1. The summed E-state index contributed by atoms with van der Waals surface area (Å²) in [5.74, 6) is 2.46. The Morgan fingerprint density at radius 1 is 0.895 bits per heavy atom. The fourth-order valence-electron chi connectivity index (χ4n) is 4.91. The van der Waals surface area contributed by atoms with Crippen molar-refractivity contribution < 1.29 is 14.3 Å². The molecular formula is C33H34N2O3. The van der Waals surface area contributed by atoms with Crippen molar-refractivity contribution in [2.75, 3.05) is 40.3 Å². The molecule has 38 heavy (non-hydrogen) atoms. The van der Waals surface area contributed by atoms with Gasteiger partial charge in [-0.1, -0.05) is 55.5 Å². The first-order valence-electron chi connectivity index (χ1n) is 13.2. The lowest BCUT2D eigenvalue weighted by molar-refractivity contribution is -0.127. The molecule has 0 unspecified atom stereocenters. The van der Waals surface area contributed by atoms with Crippen LogP contribution in [0, 0.1) is 0 Å². The molecule has 4 aromatic rings. The van der Waals surface area contributed by atoms with E-state index in [1.807, 2.05) is 47.4 Å². The largest absolute Gasteiger partial charge is 0.497 e. The summed E-state index contributed by atoms with van der Waals surface area (Å²) in [5, 5.41) is 2.11. The average molecular weight is 507 g/mol. The van der Waals surface area contributed by atoms with E-state index in [1.165, 1.54) is 5.56 Å². The van der Waals surface area contributed by atoms with Gasteiger partial charge >= 0.3 is 0 Å². The van der Waals surface area contributed by atoms with Crippen LogP contribution in [0.4, 0.5) is 0 Å². The minimum absolute atomic E-state index is 0.0595. The number of nitrogens with zero attached hydrogens (tertiary/aromatic N) is 2. The van der Waals surface area contributed by atoms with E-state index >= 15 is 0 Å². The lowest BCUT2D eigenvalue weighted by Gasteiger charge is -2.31. The van der Waals surface area contributed by atoms with Gasteiger partial charge in [0.05, 0.1) is 7.11 Å². The first-order chi connectivity index (χ1) is 18.6. The second-order valence-electron chi connectivity index (χ2n) is 9.68. The number of fused-ring (bicyclic) bond motifs is 1. The highest BCUT2D eigenvalue weighted by molar-refractivity contribution is 5.98. The second-order valence-corrected chi connectivity index (χ2v) is 9.68. The number of likely N-dealkylation sites (N-methyl/N-ethyl adjacent to an activating group) is 1. The van der Waals surface area contributed by atoms with Crippen LogP contribution >= 0.6 is 0 Å². The molecule has 5 nitrogen and oxygen atoms in total. The number of benzene rings is 4. The fourth-order valence-corrected chi connectivity index (χ4v) is 4.91. The molecule has 194 valence electrons. The molecule has 0 saturated carbocycles. The number of amides is 1. The van der Waals surface area contributed by atoms with Crippen molar-refractivity contribution in [1.82, 2.24) is 9.80 Å². The van der Waals surface area contributed by atoms with Crippen LogP contribution in [0.5, 0.6) is 17.2 Å². The third-order valence-electron chi connectivity index (χ3n) is 7.16. The second kappa shape index (κ2) is 11.5. The Morgan fingerprint density at radius 2 is 1.61 bits per heavy atom. The molecule has 0 N–H and O–H groups in total. The zero-order valence-electron chi connectivity index (χ0n) is 22.3. The Bertz CT molecular complexity index is 1440. The maximum Gasteiger partial charge on any atom is 0.246 e. The molecule has 0 bridgehead atoms. The molecule has 5 rings (SSSR count). The van der Waals surface area contributed by atoms with E-state index in [1.54, 1.807) is 13.2 Å². The SMILES string of the molecule is CCc1cc2cc(OC)ccc2c(Oc2ccc(C=CC(=O)N3CCN(C)CC3)cc2)c1-c1ccccc1. The van der Waals surface area contributed by atoms with Crippen LogP contribution in [0.25, 0.3) is 28.0 Å². The summed E-state index contributed by atoms with van der Waals surface area (Å²) in [5.41, 5.74) is 4.40. The summed E-state index contributed by atoms with van der Waals surface area (Å²) in [6.07, 6.45) is 4.42. The average Bonchev–Trinajstić information content (AvgIpc) is 2.96. The number of methoxy groups -OCH3 is 1. The van der Waals surface area contributed by atoms with E-state index in [0.717, 1.165) is 77.3 Å². The molecule has 0 aromatic heterocycles. The summed E-state index contributed by atoms with van der Waals surface area (Å²) in [6.45, 7) is 5.54. The highest BCUT2D eigenvalue weighted by Gasteiger charge is 2.18. The molecular weight excluding hydrogens is 472 g/mol. The first kappa shape index (κ1) is 25.6. The molecule has 1 aliphatic rings. The molecule has 0 radical (unpaired) electrons. The smallest absolute Gasteiger partial charge is 0.246 e. The Balaban J connectivity index is 1.45. The molecule has 1 amide bonds. The minimum Gasteiger partial charge on any atom is -0.497 e. The van der Waals surface area contributed by atoms with E-state index in [2.05, 4.69) is 61.3 Å². The van der Waals surface area contributed by atoms with Gasteiger partial charge in [-0.25, -0.2) is 0 Å². The van der Waals surface area contributed by atoms with Crippen LogP contribution in [-0.2, 0) is 11.2 Å². The van der Waals surface area contributed by atoms with Crippen molar-refractivity contribution in [3.8, 4) is 28.4 Å². The predicted octanol–water partition coefficient (Wildman–Crippen LogP) is 6.66. The standard InChI is InChI=1S/C33H34N2O3/c1-4-25-22-27-23-29(37-3)15-16-30(27)33(32(25)26-8-6-5-7-9-26)38-28-13-10-24(11-14-28)12-17-31(36)35-20-18-34(2)19-21-35/h5-17,22-23H,4,18-21H2,1-3H3. The van der Waals surface area contributed by atoms with Crippen molar-refractivity contribution in [3.63, 3.8) is 0 Å². The number of rotatable bonds is 7.